The van der Waals surface area contributed by atoms with Gasteiger partial charge in [-0.25, -0.2) is 4.79 Å². The van der Waals surface area contributed by atoms with Crippen molar-refractivity contribution in [1.82, 2.24) is 16.0 Å². The lowest BCUT2D eigenvalue weighted by Crippen LogP contribution is -2.36. The molecule has 3 N–H and O–H groups in total. The summed E-state index contributed by atoms with van der Waals surface area (Å²) >= 11 is 0. The molecule has 2 rings (SSSR count). The molecular formula is C15H21N3O3. The molecule has 21 heavy (non-hydrogen) atoms. The van der Waals surface area contributed by atoms with Crippen molar-refractivity contribution in [2.24, 2.45) is 0 Å². The summed E-state index contributed by atoms with van der Waals surface area (Å²) in [6, 6.07) is 7.46. The van der Waals surface area contributed by atoms with Crippen molar-refractivity contribution in [3.8, 4) is 5.75 Å². The SMILES string of the molecule is CNC(=O)NCCC(=O)N[C@@H]1CCCOc2ccccc21. The first kappa shape index (κ1) is 15.2. The molecule has 1 aliphatic rings. The van der Waals surface area contributed by atoms with E-state index in [4.69, 9.17) is 4.74 Å². The van der Waals surface area contributed by atoms with Crippen LogP contribution in [0, 0.1) is 0 Å². The minimum atomic E-state index is -0.281. The number of benzene rings is 1. The largest absolute Gasteiger partial charge is 0.493 e. The van der Waals surface area contributed by atoms with E-state index >= 15 is 0 Å². The third-order valence-corrected chi connectivity index (χ3v) is 3.39. The monoisotopic (exact) mass is 291 g/mol. The van der Waals surface area contributed by atoms with Crippen LogP contribution >= 0.6 is 0 Å². The van der Waals surface area contributed by atoms with Gasteiger partial charge in [0.1, 0.15) is 5.75 Å². The van der Waals surface area contributed by atoms with Gasteiger partial charge < -0.3 is 20.7 Å². The van der Waals surface area contributed by atoms with Gasteiger partial charge in [0.15, 0.2) is 0 Å². The fourth-order valence-corrected chi connectivity index (χ4v) is 2.32. The fourth-order valence-electron chi connectivity index (χ4n) is 2.32. The summed E-state index contributed by atoms with van der Waals surface area (Å²) in [5.74, 6) is 0.761. The molecule has 1 atom stereocenters. The van der Waals surface area contributed by atoms with E-state index in [0.29, 0.717) is 13.2 Å². The Morgan fingerprint density at radius 3 is 2.95 bits per heavy atom. The zero-order chi connectivity index (χ0) is 15.1. The Bertz CT molecular complexity index is 505. The Hall–Kier alpha value is -2.24. The van der Waals surface area contributed by atoms with Crippen LogP contribution < -0.4 is 20.7 Å². The second-order valence-corrected chi connectivity index (χ2v) is 4.90. The first-order valence-corrected chi connectivity index (χ1v) is 7.17. The third-order valence-electron chi connectivity index (χ3n) is 3.39. The predicted octanol–water partition coefficient (Wildman–Crippen LogP) is 1.34. The van der Waals surface area contributed by atoms with E-state index in [0.717, 1.165) is 24.2 Å². The Morgan fingerprint density at radius 1 is 1.33 bits per heavy atom. The van der Waals surface area contributed by atoms with Crippen molar-refractivity contribution in [2.45, 2.75) is 25.3 Å². The number of para-hydroxylation sites is 1. The normalized spacial score (nSPS) is 16.9. The van der Waals surface area contributed by atoms with Gasteiger partial charge in [-0.05, 0) is 18.9 Å². The third kappa shape index (κ3) is 4.37. The van der Waals surface area contributed by atoms with Crippen LogP contribution in [0.4, 0.5) is 4.79 Å². The summed E-state index contributed by atoms with van der Waals surface area (Å²) in [7, 11) is 1.54. The molecule has 0 bridgehead atoms. The Morgan fingerprint density at radius 2 is 2.14 bits per heavy atom. The van der Waals surface area contributed by atoms with Crippen molar-refractivity contribution >= 4 is 11.9 Å². The van der Waals surface area contributed by atoms with Crippen LogP contribution in [-0.2, 0) is 4.79 Å². The molecule has 1 heterocycles. The number of rotatable bonds is 4. The number of fused-ring (bicyclic) bond motifs is 1. The van der Waals surface area contributed by atoms with Crippen molar-refractivity contribution in [3.63, 3.8) is 0 Å². The molecule has 1 aromatic rings. The molecule has 0 radical (unpaired) electrons. The zero-order valence-corrected chi connectivity index (χ0v) is 12.1. The number of carbonyl (C=O) groups excluding carboxylic acids is 2. The topological polar surface area (TPSA) is 79.5 Å². The average molecular weight is 291 g/mol. The molecule has 0 saturated heterocycles. The molecule has 3 amide bonds. The number of hydrogen-bond donors (Lipinski definition) is 3. The van der Waals surface area contributed by atoms with Gasteiger partial charge in [-0.15, -0.1) is 0 Å². The summed E-state index contributed by atoms with van der Waals surface area (Å²) in [6.07, 6.45) is 2.01. The number of hydrogen-bond acceptors (Lipinski definition) is 3. The molecule has 1 aliphatic heterocycles. The summed E-state index contributed by atoms with van der Waals surface area (Å²) in [5.41, 5.74) is 1.02. The lowest BCUT2D eigenvalue weighted by molar-refractivity contribution is -0.121. The summed E-state index contributed by atoms with van der Waals surface area (Å²) in [4.78, 5) is 23.0. The molecule has 0 saturated carbocycles. The quantitative estimate of drug-likeness (QED) is 0.783. The molecule has 6 nitrogen and oxygen atoms in total. The maximum atomic E-state index is 12.0. The Balaban J connectivity index is 1.90. The number of amides is 3. The maximum Gasteiger partial charge on any atom is 0.314 e. The molecule has 0 unspecified atom stereocenters. The predicted molar refractivity (Wildman–Crippen MR) is 79.1 cm³/mol. The Labute approximate surface area is 124 Å². The summed E-state index contributed by atoms with van der Waals surface area (Å²) in [5, 5.41) is 8.06. The molecule has 6 heteroatoms. The van der Waals surface area contributed by atoms with Gasteiger partial charge in [-0.3, -0.25) is 4.79 Å². The lowest BCUT2D eigenvalue weighted by atomic mass is 10.0. The van der Waals surface area contributed by atoms with Crippen molar-refractivity contribution < 1.29 is 14.3 Å². The number of urea groups is 1. The van der Waals surface area contributed by atoms with E-state index < -0.39 is 0 Å². The van der Waals surface area contributed by atoms with Gasteiger partial charge >= 0.3 is 6.03 Å². The molecule has 0 spiro atoms. The van der Waals surface area contributed by atoms with Crippen LogP contribution in [0.5, 0.6) is 5.75 Å². The van der Waals surface area contributed by atoms with Gasteiger partial charge in [-0.2, -0.15) is 0 Å². The fraction of sp³-hybridized carbons (Fsp3) is 0.467. The van der Waals surface area contributed by atoms with Gasteiger partial charge in [-0.1, -0.05) is 18.2 Å². The van der Waals surface area contributed by atoms with Gasteiger partial charge in [0.05, 0.1) is 12.6 Å². The second kappa shape index (κ2) is 7.52. The maximum absolute atomic E-state index is 12.0. The highest BCUT2D eigenvalue weighted by molar-refractivity contribution is 5.78. The summed E-state index contributed by atoms with van der Waals surface area (Å²) < 4.78 is 5.67. The van der Waals surface area contributed by atoms with Gasteiger partial charge in [0, 0.05) is 25.6 Å². The molecular weight excluding hydrogens is 270 g/mol. The van der Waals surface area contributed by atoms with E-state index in [1.165, 1.54) is 7.05 Å². The number of ether oxygens (including phenoxy) is 1. The molecule has 0 aliphatic carbocycles. The molecule has 114 valence electrons. The highest BCUT2D eigenvalue weighted by Crippen LogP contribution is 2.31. The van der Waals surface area contributed by atoms with Crippen molar-refractivity contribution in [2.75, 3.05) is 20.2 Å². The van der Waals surface area contributed by atoms with Gasteiger partial charge in [0.25, 0.3) is 0 Å². The van der Waals surface area contributed by atoms with E-state index in [2.05, 4.69) is 16.0 Å². The summed E-state index contributed by atoms with van der Waals surface area (Å²) in [6.45, 7) is 0.984. The Kier molecular flexibility index (Phi) is 5.43. The van der Waals surface area contributed by atoms with Crippen LogP contribution in [0.1, 0.15) is 30.9 Å². The van der Waals surface area contributed by atoms with Crippen molar-refractivity contribution in [1.29, 1.82) is 0 Å². The van der Waals surface area contributed by atoms with Crippen molar-refractivity contribution in [3.05, 3.63) is 29.8 Å². The van der Waals surface area contributed by atoms with Crippen LogP contribution in [-0.4, -0.2) is 32.1 Å². The second-order valence-electron chi connectivity index (χ2n) is 4.90. The smallest absolute Gasteiger partial charge is 0.314 e. The van der Waals surface area contributed by atoms with Crippen LogP contribution in [0.25, 0.3) is 0 Å². The van der Waals surface area contributed by atoms with E-state index in [-0.39, 0.29) is 24.4 Å². The molecule has 0 fully saturated rings. The number of carbonyl (C=O) groups is 2. The molecule has 1 aromatic carbocycles. The zero-order valence-electron chi connectivity index (χ0n) is 12.1. The highest BCUT2D eigenvalue weighted by atomic mass is 16.5. The van der Waals surface area contributed by atoms with E-state index in [9.17, 15) is 9.59 Å². The minimum Gasteiger partial charge on any atom is -0.493 e. The first-order chi connectivity index (χ1) is 10.2. The average Bonchev–Trinajstić information content (AvgIpc) is 2.70. The standard InChI is InChI=1S/C15H21N3O3/c1-16-15(20)17-9-8-14(19)18-12-6-4-10-21-13-7-3-2-5-11(12)13/h2-3,5,7,12H,4,6,8-10H2,1H3,(H,18,19)(H2,16,17,20)/t12-/m1/s1. The minimum absolute atomic E-state index is 0.0313. The van der Waals surface area contributed by atoms with Crippen LogP contribution in [0.2, 0.25) is 0 Å². The lowest BCUT2D eigenvalue weighted by Gasteiger charge is -2.18. The number of nitrogens with one attached hydrogen (secondary N) is 3. The van der Waals surface area contributed by atoms with Crippen LogP contribution in [0.15, 0.2) is 24.3 Å². The van der Waals surface area contributed by atoms with Gasteiger partial charge in [0.2, 0.25) is 5.91 Å². The first-order valence-electron chi connectivity index (χ1n) is 7.17. The van der Waals surface area contributed by atoms with Crippen LogP contribution in [0.3, 0.4) is 0 Å². The van der Waals surface area contributed by atoms with E-state index in [1.54, 1.807) is 0 Å². The van der Waals surface area contributed by atoms with E-state index in [1.807, 2.05) is 24.3 Å². The molecule has 0 aromatic heterocycles. The highest BCUT2D eigenvalue weighted by Gasteiger charge is 2.20.